The van der Waals surface area contributed by atoms with E-state index in [0.717, 1.165) is 36.2 Å². The summed E-state index contributed by atoms with van der Waals surface area (Å²) < 4.78 is 30.3. The number of halogens is 3. The fourth-order valence-corrected chi connectivity index (χ4v) is 5.74. The third-order valence-corrected chi connectivity index (χ3v) is 7.41. The molecule has 2 aliphatic carbocycles. The normalized spacial score (nSPS) is 28.5. The van der Waals surface area contributed by atoms with E-state index in [1.807, 2.05) is 6.07 Å². The van der Waals surface area contributed by atoms with E-state index in [2.05, 4.69) is 6.92 Å². The molecule has 2 saturated carbocycles. The maximum absolute atomic E-state index is 12.8. The molecule has 158 valence electrons. The third kappa shape index (κ3) is 6.08. The standard InChI is InChI=1S/C24H35ClF2O/c1-2-3-4-5-17-6-8-18(9-7-17)19-10-12-20(13-11-19)22-15-14-21(25)16-23(22)28-24(26)27/h14-20,24H,2-13H2,1H3. The molecule has 4 heteroatoms. The number of benzene rings is 1. The number of hydrogen-bond donors (Lipinski definition) is 0. The van der Waals surface area contributed by atoms with E-state index < -0.39 is 6.61 Å². The molecule has 0 bridgehead atoms. The molecule has 2 fully saturated rings. The summed E-state index contributed by atoms with van der Waals surface area (Å²) in [6, 6.07) is 5.21. The van der Waals surface area contributed by atoms with Gasteiger partial charge in [-0.15, -0.1) is 0 Å². The second-order valence-electron chi connectivity index (χ2n) is 8.95. The zero-order chi connectivity index (χ0) is 19.9. The Kier molecular flexibility index (Phi) is 8.44. The van der Waals surface area contributed by atoms with E-state index >= 15 is 0 Å². The van der Waals surface area contributed by atoms with Crippen LogP contribution >= 0.6 is 11.6 Å². The Hall–Kier alpha value is -0.830. The van der Waals surface area contributed by atoms with Crippen LogP contribution in [-0.2, 0) is 0 Å². The number of alkyl halides is 2. The van der Waals surface area contributed by atoms with Crippen LogP contribution in [0.5, 0.6) is 5.75 Å². The van der Waals surface area contributed by atoms with Crippen molar-refractivity contribution < 1.29 is 13.5 Å². The maximum atomic E-state index is 12.8. The summed E-state index contributed by atoms with van der Waals surface area (Å²) >= 11 is 5.99. The van der Waals surface area contributed by atoms with Gasteiger partial charge in [-0.25, -0.2) is 0 Å². The van der Waals surface area contributed by atoms with Crippen molar-refractivity contribution in [1.29, 1.82) is 0 Å². The minimum Gasteiger partial charge on any atom is -0.434 e. The van der Waals surface area contributed by atoms with Crippen molar-refractivity contribution in [2.75, 3.05) is 0 Å². The first-order valence-corrected chi connectivity index (χ1v) is 11.7. The molecule has 2 aliphatic rings. The van der Waals surface area contributed by atoms with Crippen molar-refractivity contribution in [3.05, 3.63) is 28.8 Å². The van der Waals surface area contributed by atoms with Crippen LogP contribution in [0.15, 0.2) is 18.2 Å². The monoisotopic (exact) mass is 412 g/mol. The molecule has 0 amide bonds. The van der Waals surface area contributed by atoms with Gasteiger partial charge >= 0.3 is 6.61 Å². The summed E-state index contributed by atoms with van der Waals surface area (Å²) in [7, 11) is 0. The third-order valence-electron chi connectivity index (χ3n) is 7.18. The highest BCUT2D eigenvalue weighted by molar-refractivity contribution is 6.30. The molecule has 3 rings (SSSR count). The summed E-state index contributed by atoms with van der Waals surface area (Å²) in [5, 5.41) is 0.448. The van der Waals surface area contributed by atoms with Gasteiger partial charge in [-0.2, -0.15) is 8.78 Å². The second kappa shape index (κ2) is 10.8. The first-order valence-electron chi connectivity index (χ1n) is 11.3. The summed E-state index contributed by atoms with van der Waals surface area (Å²) in [6.45, 7) is -0.527. The lowest BCUT2D eigenvalue weighted by atomic mass is 9.68. The Bertz CT molecular complexity index is 590. The quantitative estimate of drug-likeness (QED) is 0.388. The highest BCUT2D eigenvalue weighted by Crippen LogP contribution is 2.46. The van der Waals surface area contributed by atoms with Gasteiger partial charge in [0.15, 0.2) is 0 Å². The van der Waals surface area contributed by atoms with Crippen LogP contribution in [0.2, 0.25) is 5.02 Å². The van der Waals surface area contributed by atoms with E-state index in [9.17, 15) is 8.78 Å². The van der Waals surface area contributed by atoms with Crippen LogP contribution in [0.1, 0.15) is 95.5 Å². The molecule has 0 N–H and O–H groups in total. The molecule has 1 aromatic rings. The Morgan fingerprint density at radius 1 is 0.964 bits per heavy atom. The van der Waals surface area contributed by atoms with Crippen LogP contribution < -0.4 is 4.74 Å². The van der Waals surface area contributed by atoms with E-state index in [4.69, 9.17) is 16.3 Å². The Balaban J connectivity index is 1.49. The van der Waals surface area contributed by atoms with Crippen molar-refractivity contribution in [3.8, 4) is 5.75 Å². The Morgan fingerprint density at radius 2 is 1.61 bits per heavy atom. The molecule has 0 aliphatic heterocycles. The number of ether oxygens (including phenoxy) is 1. The lowest BCUT2D eigenvalue weighted by molar-refractivity contribution is -0.0507. The van der Waals surface area contributed by atoms with Gasteiger partial charge in [-0.1, -0.05) is 63.1 Å². The molecule has 1 aromatic carbocycles. The van der Waals surface area contributed by atoms with Gasteiger partial charge in [0.1, 0.15) is 5.75 Å². The number of rotatable bonds is 8. The van der Waals surface area contributed by atoms with Crippen molar-refractivity contribution in [1.82, 2.24) is 0 Å². The molecular weight excluding hydrogens is 378 g/mol. The van der Waals surface area contributed by atoms with Gasteiger partial charge in [0.2, 0.25) is 0 Å². The predicted molar refractivity (Wildman–Crippen MR) is 112 cm³/mol. The van der Waals surface area contributed by atoms with Gasteiger partial charge in [-0.3, -0.25) is 0 Å². The van der Waals surface area contributed by atoms with Gasteiger partial charge in [0.05, 0.1) is 0 Å². The topological polar surface area (TPSA) is 9.23 Å². The van der Waals surface area contributed by atoms with Crippen LogP contribution in [0, 0.1) is 17.8 Å². The Labute approximate surface area is 174 Å². The lowest BCUT2D eigenvalue weighted by Gasteiger charge is -2.38. The second-order valence-corrected chi connectivity index (χ2v) is 9.39. The first-order chi connectivity index (χ1) is 13.6. The van der Waals surface area contributed by atoms with E-state index in [-0.39, 0.29) is 5.75 Å². The van der Waals surface area contributed by atoms with Crippen LogP contribution in [-0.4, -0.2) is 6.61 Å². The molecule has 0 aromatic heterocycles. The van der Waals surface area contributed by atoms with Crippen LogP contribution in [0.3, 0.4) is 0 Å². The summed E-state index contributed by atoms with van der Waals surface area (Å²) in [5.41, 5.74) is 0.905. The van der Waals surface area contributed by atoms with Gasteiger partial charge in [-0.05, 0) is 79.9 Å². The number of unbranched alkanes of at least 4 members (excludes halogenated alkanes) is 2. The molecule has 0 saturated heterocycles. The average Bonchev–Trinajstić information content (AvgIpc) is 2.69. The van der Waals surface area contributed by atoms with Crippen molar-refractivity contribution in [2.45, 2.75) is 96.5 Å². The summed E-state index contributed by atoms with van der Waals surface area (Å²) in [6.07, 6.45) is 15.7. The molecule has 0 radical (unpaired) electrons. The smallest absolute Gasteiger partial charge is 0.387 e. The molecule has 0 unspecified atom stereocenters. The van der Waals surface area contributed by atoms with E-state index in [0.29, 0.717) is 10.9 Å². The number of hydrogen-bond acceptors (Lipinski definition) is 1. The van der Waals surface area contributed by atoms with E-state index in [1.165, 1.54) is 70.3 Å². The van der Waals surface area contributed by atoms with Crippen molar-refractivity contribution in [3.63, 3.8) is 0 Å². The predicted octanol–water partition coefficient (Wildman–Crippen LogP) is 8.60. The largest absolute Gasteiger partial charge is 0.434 e. The fraction of sp³-hybridized carbons (Fsp3) is 0.750. The minimum atomic E-state index is -2.80. The van der Waals surface area contributed by atoms with Crippen LogP contribution in [0.4, 0.5) is 8.78 Å². The van der Waals surface area contributed by atoms with Gasteiger partial charge in [0, 0.05) is 5.02 Å². The van der Waals surface area contributed by atoms with Crippen molar-refractivity contribution >= 4 is 11.6 Å². The molecule has 1 nitrogen and oxygen atoms in total. The van der Waals surface area contributed by atoms with Gasteiger partial charge in [0.25, 0.3) is 0 Å². The Morgan fingerprint density at radius 3 is 2.21 bits per heavy atom. The SMILES string of the molecule is CCCCCC1CCC(C2CCC(c3ccc(Cl)cc3OC(F)F)CC2)CC1. The maximum Gasteiger partial charge on any atom is 0.387 e. The fourth-order valence-electron chi connectivity index (χ4n) is 5.58. The lowest BCUT2D eigenvalue weighted by Crippen LogP contribution is -2.25. The molecule has 0 spiro atoms. The zero-order valence-electron chi connectivity index (χ0n) is 17.1. The first kappa shape index (κ1) is 21.9. The average molecular weight is 413 g/mol. The van der Waals surface area contributed by atoms with Crippen molar-refractivity contribution in [2.24, 2.45) is 17.8 Å². The highest BCUT2D eigenvalue weighted by atomic mass is 35.5. The molecule has 28 heavy (non-hydrogen) atoms. The zero-order valence-corrected chi connectivity index (χ0v) is 17.9. The summed E-state index contributed by atoms with van der Waals surface area (Å²) in [5.74, 6) is 3.23. The van der Waals surface area contributed by atoms with Crippen LogP contribution in [0.25, 0.3) is 0 Å². The minimum absolute atomic E-state index is 0.263. The molecule has 0 atom stereocenters. The summed E-state index contributed by atoms with van der Waals surface area (Å²) in [4.78, 5) is 0. The highest BCUT2D eigenvalue weighted by Gasteiger charge is 2.32. The molecular formula is C24H35ClF2O. The van der Waals surface area contributed by atoms with E-state index in [1.54, 1.807) is 6.07 Å². The molecule has 0 heterocycles. The van der Waals surface area contributed by atoms with Gasteiger partial charge < -0.3 is 4.74 Å².